The van der Waals surface area contributed by atoms with Gasteiger partial charge in [-0.25, -0.2) is 4.98 Å². The maximum atomic E-state index is 13.3. The second kappa shape index (κ2) is 9.23. The van der Waals surface area contributed by atoms with Gasteiger partial charge in [0.1, 0.15) is 0 Å². The molecule has 4 rings (SSSR count). The monoisotopic (exact) mass is 475 g/mol. The van der Waals surface area contributed by atoms with Gasteiger partial charge in [-0.2, -0.15) is 0 Å². The first-order valence-corrected chi connectivity index (χ1v) is 12.0. The molecule has 0 spiro atoms. The molecule has 0 bridgehead atoms. The molecule has 5 nitrogen and oxygen atoms in total. The van der Waals surface area contributed by atoms with Crippen LogP contribution in [0.1, 0.15) is 33.1 Å². The van der Waals surface area contributed by atoms with Crippen LogP contribution < -0.4 is 5.56 Å². The first kappa shape index (κ1) is 22.2. The zero-order valence-corrected chi connectivity index (χ0v) is 19.7. The van der Waals surface area contributed by atoms with Gasteiger partial charge in [-0.15, -0.1) is 0 Å². The van der Waals surface area contributed by atoms with E-state index in [-0.39, 0.29) is 29.3 Å². The maximum absolute atomic E-state index is 13.3. The van der Waals surface area contributed by atoms with Crippen molar-refractivity contribution < 1.29 is 4.79 Å². The number of amides is 1. The summed E-state index contributed by atoms with van der Waals surface area (Å²) in [6, 6.07) is 12.5. The number of fused-ring (bicyclic) bond motifs is 1. The number of halogens is 2. The number of hydrogen-bond acceptors (Lipinski definition) is 4. The Labute approximate surface area is 195 Å². The average Bonchev–Trinajstić information content (AvgIpc) is 2.73. The number of piperidine rings is 1. The van der Waals surface area contributed by atoms with Crippen molar-refractivity contribution in [2.75, 3.05) is 5.75 Å². The fourth-order valence-corrected chi connectivity index (χ4v) is 5.34. The topological polar surface area (TPSA) is 55.2 Å². The number of carbonyl (C=O) groups is 1. The Morgan fingerprint density at radius 2 is 1.71 bits per heavy atom. The van der Waals surface area contributed by atoms with Gasteiger partial charge in [0, 0.05) is 22.1 Å². The van der Waals surface area contributed by atoms with E-state index in [1.807, 2.05) is 4.90 Å². The summed E-state index contributed by atoms with van der Waals surface area (Å²) in [6.07, 6.45) is 3.17. The highest BCUT2D eigenvalue weighted by atomic mass is 35.5. The molecule has 2 atom stereocenters. The summed E-state index contributed by atoms with van der Waals surface area (Å²) in [5.41, 5.74) is 0.949. The molecule has 3 aromatic rings. The molecule has 1 amide bonds. The second-order valence-electron chi connectivity index (χ2n) is 7.89. The van der Waals surface area contributed by atoms with Crippen LogP contribution in [0.4, 0.5) is 0 Å². The Hall–Kier alpha value is -2.02. The summed E-state index contributed by atoms with van der Waals surface area (Å²) in [6.45, 7) is 4.19. The lowest BCUT2D eigenvalue weighted by atomic mass is 9.98. The van der Waals surface area contributed by atoms with Crippen LogP contribution in [-0.2, 0) is 4.79 Å². The second-order valence-corrected chi connectivity index (χ2v) is 9.71. The van der Waals surface area contributed by atoms with Gasteiger partial charge in [0.15, 0.2) is 5.16 Å². The van der Waals surface area contributed by atoms with E-state index >= 15 is 0 Å². The van der Waals surface area contributed by atoms with Crippen molar-refractivity contribution in [1.29, 1.82) is 0 Å². The maximum Gasteiger partial charge on any atom is 0.266 e. The predicted molar refractivity (Wildman–Crippen MR) is 128 cm³/mol. The third kappa shape index (κ3) is 4.61. The van der Waals surface area contributed by atoms with Crippen molar-refractivity contribution in [3.63, 3.8) is 0 Å². The summed E-state index contributed by atoms with van der Waals surface area (Å²) >= 11 is 13.4. The first-order chi connectivity index (χ1) is 14.8. The van der Waals surface area contributed by atoms with Crippen molar-refractivity contribution in [2.45, 2.75) is 50.4 Å². The standard InChI is InChI=1S/C23H23Cl2N3O2S/c1-14-4-3-5-15(2)27(14)21(29)13-31-23-26-20-12-17(25)8-11-19(20)22(30)28(23)18-9-6-16(24)7-10-18/h6-12,14-15H,3-5,13H2,1-2H3. The fourth-order valence-electron chi connectivity index (χ4n) is 4.17. The lowest BCUT2D eigenvalue weighted by Gasteiger charge is -2.39. The minimum absolute atomic E-state index is 0.0628. The van der Waals surface area contributed by atoms with E-state index in [0.717, 1.165) is 19.3 Å². The van der Waals surface area contributed by atoms with Gasteiger partial charge in [0.05, 0.1) is 22.3 Å². The van der Waals surface area contributed by atoms with Gasteiger partial charge in [0.2, 0.25) is 5.91 Å². The molecule has 2 heterocycles. The van der Waals surface area contributed by atoms with Gasteiger partial charge < -0.3 is 4.90 Å². The molecule has 162 valence electrons. The van der Waals surface area contributed by atoms with Crippen molar-refractivity contribution in [1.82, 2.24) is 14.5 Å². The van der Waals surface area contributed by atoms with Gasteiger partial charge in [-0.05, 0) is 75.6 Å². The number of nitrogens with zero attached hydrogens (tertiary/aromatic N) is 3. The fraction of sp³-hybridized carbons (Fsp3) is 0.348. The number of aromatic nitrogens is 2. The van der Waals surface area contributed by atoms with E-state index in [2.05, 4.69) is 18.8 Å². The Kier molecular flexibility index (Phi) is 6.60. The zero-order chi connectivity index (χ0) is 22.1. The molecule has 1 aromatic heterocycles. The summed E-state index contributed by atoms with van der Waals surface area (Å²) in [4.78, 5) is 33.0. The number of hydrogen-bond donors (Lipinski definition) is 0. The van der Waals surface area contributed by atoms with Gasteiger partial charge in [0.25, 0.3) is 5.56 Å². The van der Waals surface area contributed by atoms with E-state index in [1.54, 1.807) is 42.5 Å². The molecular weight excluding hydrogens is 453 g/mol. The molecular formula is C23H23Cl2N3O2S. The lowest BCUT2D eigenvalue weighted by Crippen LogP contribution is -2.48. The molecule has 0 N–H and O–H groups in total. The molecule has 2 aromatic carbocycles. The van der Waals surface area contributed by atoms with Crippen LogP contribution in [0.5, 0.6) is 0 Å². The van der Waals surface area contributed by atoms with Crippen LogP contribution in [0.15, 0.2) is 52.4 Å². The van der Waals surface area contributed by atoms with E-state index in [4.69, 9.17) is 23.2 Å². The zero-order valence-electron chi connectivity index (χ0n) is 17.3. The van der Waals surface area contributed by atoms with Crippen molar-refractivity contribution in [3.8, 4) is 5.69 Å². The minimum atomic E-state index is -0.210. The molecule has 1 aliphatic heterocycles. The normalized spacial score (nSPS) is 19.0. The highest BCUT2D eigenvalue weighted by molar-refractivity contribution is 7.99. The third-order valence-electron chi connectivity index (χ3n) is 5.69. The van der Waals surface area contributed by atoms with Crippen molar-refractivity contribution >= 4 is 51.8 Å². The van der Waals surface area contributed by atoms with Gasteiger partial charge in [-0.3, -0.25) is 14.2 Å². The van der Waals surface area contributed by atoms with Crippen molar-refractivity contribution in [2.24, 2.45) is 0 Å². The highest BCUT2D eigenvalue weighted by Gasteiger charge is 2.29. The quantitative estimate of drug-likeness (QED) is 0.365. The number of thioether (sulfide) groups is 1. The smallest absolute Gasteiger partial charge is 0.266 e. The lowest BCUT2D eigenvalue weighted by molar-refractivity contribution is -0.134. The molecule has 31 heavy (non-hydrogen) atoms. The molecule has 1 fully saturated rings. The van der Waals surface area contributed by atoms with Crippen LogP contribution in [0.25, 0.3) is 16.6 Å². The first-order valence-electron chi connectivity index (χ1n) is 10.3. The van der Waals surface area contributed by atoms with Crippen LogP contribution in [0.3, 0.4) is 0 Å². The summed E-state index contributed by atoms with van der Waals surface area (Å²) < 4.78 is 1.54. The van der Waals surface area contributed by atoms with Crippen LogP contribution in [0.2, 0.25) is 10.0 Å². The van der Waals surface area contributed by atoms with E-state index in [1.165, 1.54) is 16.3 Å². The molecule has 0 aliphatic carbocycles. The predicted octanol–water partition coefficient (Wildman–Crippen LogP) is 5.57. The minimum Gasteiger partial charge on any atom is -0.337 e. The Morgan fingerprint density at radius 1 is 1.06 bits per heavy atom. The molecule has 8 heteroatoms. The summed E-state index contributed by atoms with van der Waals surface area (Å²) in [5.74, 6) is 0.272. The molecule has 0 saturated carbocycles. The largest absolute Gasteiger partial charge is 0.337 e. The summed E-state index contributed by atoms with van der Waals surface area (Å²) in [7, 11) is 0. The Balaban J connectivity index is 1.73. The third-order valence-corrected chi connectivity index (χ3v) is 7.10. The van der Waals surface area contributed by atoms with E-state index in [0.29, 0.717) is 31.8 Å². The average molecular weight is 476 g/mol. The number of benzene rings is 2. The summed E-state index contributed by atoms with van der Waals surface area (Å²) in [5, 5.41) is 2.00. The van der Waals surface area contributed by atoms with Crippen molar-refractivity contribution in [3.05, 3.63) is 62.9 Å². The number of rotatable bonds is 4. The van der Waals surface area contributed by atoms with Crippen LogP contribution >= 0.6 is 35.0 Å². The van der Waals surface area contributed by atoms with Gasteiger partial charge in [-0.1, -0.05) is 35.0 Å². The van der Waals surface area contributed by atoms with Crippen LogP contribution in [0, 0.1) is 0 Å². The van der Waals surface area contributed by atoms with E-state index in [9.17, 15) is 9.59 Å². The van der Waals surface area contributed by atoms with Gasteiger partial charge >= 0.3 is 0 Å². The Bertz CT molecular complexity index is 1170. The Morgan fingerprint density at radius 3 is 2.39 bits per heavy atom. The molecule has 1 saturated heterocycles. The van der Waals surface area contributed by atoms with E-state index < -0.39 is 0 Å². The highest BCUT2D eigenvalue weighted by Crippen LogP contribution is 2.27. The molecule has 1 aliphatic rings. The number of likely N-dealkylation sites (tertiary alicyclic amines) is 1. The SMILES string of the molecule is CC1CCCC(C)N1C(=O)CSc1nc2cc(Cl)ccc2c(=O)n1-c1ccc(Cl)cc1. The number of carbonyl (C=O) groups excluding carboxylic acids is 1. The molecule has 0 radical (unpaired) electrons. The molecule has 2 unspecified atom stereocenters. The van der Waals surface area contributed by atoms with Crippen LogP contribution in [-0.4, -0.2) is 38.2 Å².